The summed E-state index contributed by atoms with van der Waals surface area (Å²) in [7, 11) is 0. The standard InChI is InChI=1S/C15H15ClFN3O2S/c1-9-8-19(16)4-5-20(9)15-18-14(22)13(23-15)7-10-6-11(17)2-3-12(10)21/h2-3,6-7,9,21H,4-5,8H2,1H3/b13-7-/t9-/m1/s1. The van der Waals surface area contributed by atoms with E-state index in [2.05, 4.69) is 4.99 Å². The number of carbonyl (C=O) groups is 1. The van der Waals surface area contributed by atoms with E-state index < -0.39 is 5.82 Å². The number of piperazine rings is 1. The SMILES string of the molecule is C[C@@H]1CN(Cl)CCN1C1=NC(=O)/C(=C/c2cc(F)ccc2O)S1. The summed E-state index contributed by atoms with van der Waals surface area (Å²) in [6.07, 6.45) is 1.46. The molecule has 5 nitrogen and oxygen atoms in total. The maximum atomic E-state index is 13.3. The molecular formula is C15H15ClFN3O2S. The topological polar surface area (TPSA) is 56.1 Å². The van der Waals surface area contributed by atoms with Gasteiger partial charge in [0.1, 0.15) is 11.6 Å². The summed E-state index contributed by atoms with van der Waals surface area (Å²) in [6.45, 7) is 4.06. The molecule has 3 rings (SSSR count). The normalized spacial score (nSPS) is 24.4. The molecule has 1 N–H and O–H groups in total. The van der Waals surface area contributed by atoms with Gasteiger partial charge in [0, 0.05) is 31.2 Å². The number of hydrogen-bond donors (Lipinski definition) is 1. The molecule has 2 aliphatic rings. The highest BCUT2D eigenvalue weighted by Gasteiger charge is 2.31. The lowest BCUT2D eigenvalue weighted by molar-refractivity contribution is -0.113. The average molecular weight is 356 g/mol. The molecule has 8 heteroatoms. The molecule has 0 unspecified atom stereocenters. The van der Waals surface area contributed by atoms with Gasteiger partial charge in [0.15, 0.2) is 5.17 Å². The van der Waals surface area contributed by atoms with Crippen LogP contribution < -0.4 is 0 Å². The van der Waals surface area contributed by atoms with Gasteiger partial charge < -0.3 is 10.0 Å². The molecule has 0 saturated carbocycles. The Morgan fingerprint density at radius 2 is 2.26 bits per heavy atom. The molecule has 1 amide bonds. The minimum atomic E-state index is -0.474. The van der Waals surface area contributed by atoms with Crippen LogP contribution in [0.5, 0.6) is 5.75 Å². The van der Waals surface area contributed by atoms with Gasteiger partial charge in [-0.15, -0.1) is 0 Å². The highest BCUT2D eigenvalue weighted by molar-refractivity contribution is 8.18. The number of benzene rings is 1. The van der Waals surface area contributed by atoms with E-state index in [-0.39, 0.29) is 23.3 Å². The second kappa shape index (κ2) is 6.51. The van der Waals surface area contributed by atoms with Gasteiger partial charge in [-0.2, -0.15) is 4.99 Å². The van der Waals surface area contributed by atoms with Crippen molar-refractivity contribution < 1.29 is 14.3 Å². The summed E-state index contributed by atoms with van der Waals surface area (Å²) < 4.78 is 15.0. The molecular weight excluding hydrogens is 341 g/mol. The van der Waals surface area contributed by atoms with Crippen LogP contribution in [0.25, 0.3) is 6.08 Å². The highest BCUT2D eigenvalue weighted by atomic mass is 35.5. The molecule has 2 aliphatic heterocycles. The number of aromatic hydroxyl groups is 1. The first kappa shape index (κ1) is 16.3. The van der Waals surface area contributed by atoms with Crippen molar-refractivity contribution in [2.24, 2.45) is 4.99 Å². The zero-order valence-electron chi connectivity index (χ0n) is 12.4. The van der Waals surface area contributed by atoms with Crippen LogP contribution in [0, 0.1) is 5.82 Å². The van der Waals surface area contributed by atoms with E-state index in [1.807, 2.05) is 11.8 Å². The molecule has 122 valence electrons. The number of hydrogen-bond acceptors (Lipinski definition) is 5. The molecule has 0 radical (unpaired) electrons. The van der Waals surface area contributed by atoms with Gasteiger partial charge in [-0.25, -0.2) is 8.81 Å². The average Bonchev–Trinajstić information content (AvgIpc) is 2.84. The lowest BCUT2D eigenvalue weighted by Crippen LogP contribution is -2.50. The first-order valence-corrected chi connectivity index (χ1v) is 8.28. The fourth-order valence-corrected chi connectivity index (χ4v) is 3.81. The third kappa shape index (κ3) is 3.52. The Kier molecular flexibility index (Phi) is 4.61. The fourth-order valence-electron chi connectivity index (χ4n) is 2.50. The second-order valence-electron chi connectivity index (χ2n) is 5.42. The number of nitrogens with zero attached hydrogens (tertiary/aromatic N) is 3. The third-order valence-corrected chi connectivity index (χ3v) is 5.04. The van der Waals surface area contributed by atoms with Crippen LogP contribution in [-0.2, 0) is 4.79 Å². The van der Waals surface area contributed by atoms with E-state index in [1.54, 1.807) is 4.42 Å². The van der Waals surface area contributed by atoms with Gasteiger partial charge in [-0.1, -0.05) is 0 Å². The van der Waals surface area contributed by atoms with Gasteiger partial charge in [0.2, 0.25) is 0 Å². The van der Waals surface area contributed by atoms with Crippen LogP contribution in [0.1, 0.15) is 12.5 Å². The van der Waals surface area contributed by atoms with Crippen molar-refractivity contribution in [1.29, 1.82) is 0 Å². The third-order valence-electron chi connectivity index (χ3n) is 3.71. The van der Waals surface area contributed by atoms with Crippen molar-refractivity contribution in [3.05, 3.63) is 34.5 Å². The molecule has 1 aromatic carbocycles. The van der Waals surface area contributed by atoms with Gasteiger partial charge >= 0.3 is 0 Å². The number of aliphatic imine (C=N–C) groups is 1. The molecule has 0 aliphatic carbocycles. The van der Waals surface area contributed by atoms with E-state index in [9.17, 15) is 14.3 Å². The van der Waals surface area contributed by atoms with Crippen LogP contribution in [0.3, 0.4) is 0 Å². The quantitative estimate of drug-likeness (QED) is 0.620. The number of rotatable bonds is 1. The monoisotopic (exact) mass is 355 g/mol. The van der Waals surface area contributed by atoms with Crippen LogP contribution in [0.2, 0.25) is 0 Å². The number of halogens is 2. The van der Waals surface area contributed by atoms with Gasteiger partial charge in [-0.05, 0) is 54.7 Å². The maximum Gasteiger partial charge on any atom is 0.286 e. The molecule has 2 heterocycles. The van der Waals surface area contributed by atoms with Crippen molar-refractivity contribution in [3.63, 3.8) is 0 Å². The second-order valence-corrected chi connectivity index (χ2v) is 6.91. The molecule has 0 bridgehead atoms. The molecule has 23 heavy (non-hydrogen) atoms. The number of phenols is 1. The van der Waals surface area contributed by atoms with Gasteiger partial charge in [0.05, 0.1) is 4.91 Å². The summed E-state index contributed by atoms with van der Waals surface area (Å²) in [6, 6.07) is 3.75. The lowest BCUT2D eigenvalue weighted by Gasteiger charge is -2.37. The molecule has 1 aromatic rings. The van der Waals surface area contributed by atoms with Crippen molar-refractivity contribution in [2.45, 2.75) is 13.0 Å². The van der Waals surface area contributed by atoms with Crippen LogP contribution in [0.15, 0.2) is 28.1 Å². The Morgan fingerprint density at radius 3 is 3.00 bits per heavy atom. The van der Waals surface area contributed by atoms with Crippen LogP contribution in [-0.4, -0.2) is 51.2 Å². The molecule has 0 aromatic heterocycles. The van der Waals surface area contributed by atoms with E-state index in [0.717, 1.165) is 6.07 Å². The van der Waals surface area contributed by atoms with E-state index >= 15 is 0 Å². The lowest BCUT2D eigenvalue weighted by atomic mass is 10.2. The number of phenolic OH excluding ortho intramolecular Hbond substituents is 1. The predicted octanol–water partition coefficient (Wildman–Crippen LogP) is 2.66. The Morgan fingerprint density at radius 1 is 1.48 bits per heavy atom. The van der Waals surface area contributed by atoms with Gasteiger partial charge in [0.25, 0.3) is 5.91 Å². The van der Waals surface area contributed by atoms with Crippen molar-refractivity contribution in [3.8, 4) is 5.75 Å². The highest BCUT2D eigenvalue weighted by Crippen LogP contribution is 2.33. The molecule has 0 spiro atoms. The Hall–Kier alpha value is -1.57. The zero-order valence-corrected chi connectivity index (χ0v) is 13.9. The number of thioether (sulfide) groups is 1. The predicted molar refractivity (Wildman–Crippen MR) is 89.7 cm³/mol. The smallest absolute Gasteiger partial charge is 0.286 e. The number of amides is 1. The summed E-state index contributed by atoms with van der Waals surface area (Å²) in [4.78, 5) is 18.6. The number of carbonyl (C=O) groups excluding carboxylic acids is 1. The first-order valence-electron chi connectivity index (χ1n) is 7.12. The van der Waals surface area contributed by atoms with E-state index in [0.29, 0.717) is 29.7 Å². The Bertz CT molecular complexity index is 710. The number of amidine groups is 1. The molecule has 1 atom stereocenters. The minimum absolute atomic E-state index is 0.0788. The van der Waals surface area contributed by atoms with Crippen LogP contribution >= 0.6 is 23.5 Å². The minimum Gasteiger partial charge on any atom is -0.507 e. The molecule has 1 saturated heterocycles. The largest absolute Gasteiger partial charge is 0.507 e. The zero-order chi connectivity index (χ0) is 16.6. The van der Waals surface area contributed by atoms with Gasteiger partial charge in [-0.3, -0.25) is 4.79 Å². The fraction of sp³-hybridized carbons (Fsp3) is 0.333. The maximum absolute atomic E-state index is 13.3. The van der Waals surface area contributed by atoms with Crippen molar-refractivity contribution >= 4 is 40.7 Å². The van der Waals surface area contributed by atoms with E-state index in [1.165, 1.54) is 30.0 Å². The molecule has 1 fully saturated rings. The van der Waals surface area contributed by atoms with Crippen molar-refractivity contribution in [1.82, 2.24) is 9.32 Å². The Balaban J connectivity index is 1.80. The van der Waals surface area contributed by atoms with E-state index in [4.69, 9.17) is 11.8 Å². The summed E-state index contributed by atoms with van der Waals surface area (Å²) in [5.74, 6) is -0.933. The van der Waals surface area contributed by atoms with Crippen LogP contribution in [0.4, 0.5) is 4.39 Å². The van der Waals surface area contributed by atoms with Crippen molar-refractivity contribution in [2.75, 3.05) is 19.6 Å². The summed E-state index contributed by atoms with van der Waals surface area (Å²) in [5.41, 5.74) is 0.260. The Labute approximate surface area is 142 Å². The summed E-state index contributed by atoms with van der Waals surface area (Å²) >= 11 is 7.23. The summed E-state index contributed by atoms with van der Waals surface area (Å²) in [5, 5.41) is 10.4. The first-order chi connectivity index (χ1) is 10.9.